The van der Waals surface area contributed by atoms with Gasteiger partial charge in [0.1, 0.15) is 5.54 Å². The Morgan fingerprint density at radius 2 is 2.10 bits per heavy atom. The van der Waals surface area contributed by atoms with Crippen LogP contribution in [0.5, 0.6) is 0 Å². The molecule has 2 atom stereocenters. The van der Waals surface area contributed by atoms with Gasteiger partial charge in [0.15, 0.2) is 0 Å². The van der Waals surface area contributed by atoms with Gasteiger partial charge in [0.25, 0.3) is 0 Å². The lowest BCUT2D eigenvalue weighted by molar-refractivity contribution is -0.147. The summed E-state index contributed by atoms with van der Waals surface area (Å²) in [5.74, 6) is -0.643. The van der Waals surface area contributed by atoms with Gasteiger partial charge in [0.2, 0.25) is 0 Å². The number of rotatable bonds is 8. The first-order valence-corrected chi connectivity index (χ1v) is 8.29. The van der Waals surface area contributed by atoms with Crippen LogP contribution in [0.15, 0.2) is 0 Å². The maximum absolute atomic E-state index is 11.8. The Morgan fingerprint density at radius 1 is 1.35 bits per heavy atom. The van der Waals surface area contributed by atoms with Crippen molar-refractivity contribution in [3.05, 3.63) is 0 Å². The van der Waals surface area contributed by atoms with Crippen LogP contribution < -0.4 is 5.32 Å². The van der Waals surface area contributed by atoms with Crippen molar-refractivity contribution in [1.29, 1.82) is 0 Å². The Balaban J connectivity index is 1.92. The molecule has 0 aromatic carbocycles. The van der Waals surface area contributed by atoms with Crippen LogP contribution in [-0.4, -0.2) is 47.2 Å². The van der Waals surface area contributed by atoms with E-state index in [0.29, 0.717) is 12.1 Å². The highest BCUT2D eigenvalue weighted by molar-refractivity contribution is 5.79. The predicted octanol–water partition coefficient (Wildman–Crippen LogP) is 2.63. The van der Waals surface area contributed by atoms with Gasteiger partial charge in [0, 0.05) is 12.1 Å². The van der Waals surface area contributed by atoms with E-state index in [1.807, 2.05) is 0 Å². The van der Waals surface area contributed by atoms with Crippen molar-refractivity contribution in [3.63, 3.8) is 0 Å². The zero-order valence-electron chi connectivity index (χ0n) is 13.0. The van der Waals surface area contributed by atoms with Crippen LogP contribution in [0, 0.1) is 0 Å². The second-order valence-electron chi connectivity index (χ2n) is 6.74. The maximum atomic E-state index is 11.8. The van der Waals surface area contributed by atoms with Crippen molar-refractivity contribution in [2.24, 2.45) is 0 Å². The Labute approximate surface area is 122 Å². The van der Waals surface area contributed by atoms with Crippen LogP contribution in [0.25, 0.3) is 0 Å². The van der Waals surface area contributed by atoms with E-state index in [1.54, 1.807) is 0 Å². The number of nitrogens with zero attached hydrogens (tertiary/aromatic N) is 1. The number of unbranched alkanes of at least 4 members (excludes halogenated alkanes) is 2. The normalized spacial score (nSPS) is 30.6. The molecule has 0 spiro atoms. The lowest BCUT2D eigenvalue weighted by atomic mass is 9.78. The second-order valence-corrected chi connectivity index (χ2v) is 6.74. The maximum Gasteiger partial charge on any atom is 0.323 e. The van der Waals surface area contributed by atoms with Crippen LogP contribution >= 0.6 is 0 Å². The molecule has 0 saturated heterocycles. The minimum atomic E-state index is -0.664. The van der Waals surface area contributed by atoms with Crippen molar-refractivity contribution in [2.45, 2.75) is 82.3 Å². The summed E-state index contributed by atoms with van der Waals surface area (Å²) < 4.78 is 0. The molecule has 4 heteroatoms. The van der Waals surface area contributed by atoms with Crippen molar-refractivity contribution in [3.8, 4) is 0 Å². The third kappa shape index (κ3) is 3.95. The van der Waals surface area contributed by atoms with Gasteiger partial charge in [-0.15, -0.1) is 0 Å². The number of hydrogen-bond acceptors (Lipinski definition) is 3. The van der Waals surface area contributed by atoms with Crippen LogP contribution in [-0.2, 0) is 4.79 Å². The lowest BCUT2D eigenvalue weighted by Crippen LogP contribution is -2.58. The fraction of sp³-hybridized carbons (Fsp3) is 0.938. The molecule has 116 valence electrons. The summed E-state index contributed by atoms with van der Waals surface area (Å²) in [5.41, 5.74) is -0.664. The zero-order chi connectivity index (χ0) is 14.6. The molecule has 0 heterocycles. The Kier molecular flexibility index (Phi) is 5.44. The molecule has 0 amide bonds. The summed E-state index contributed by atoms with van der Waals surface area (Å²) in [6, 6.07) is 0.873. The fourth-order valence-corrected chi connectivity index (χ4v) is 3.42. The first-order valence-electron chi connectivity index (χ1n) is 8.29. The summed E-state index contributed by atoms with van der Waals surface area (Å²) in [6.45, 7) is 3.31. The highest BCUT2D eigenvalue weighted by Crippen LogP contribution is 2.34. The van der Waals surface area contributed by atoms with E-state index in [4.69, 9.17) is 0 Å². The van der Waals surface area contributed by atoms with Gasteiger partial charge in [-0.05, 0) is 58.5 Å². The predicted molar refractivity (Wildman–Crippen MR) is 80.9 cm³/mol. The molecule has 2 rings (SSSR count). The first-order chi connectivity index (χ1) is 9.57. The van der Waals surface area contributed by atoms with Crippen LogP contribution in [0.3, 0.4) is 0 Å². The SMILES string of the molecule is CCCCCN(C)C1CCCC(NC2CC2)(C(=O)O)C1. The van der Waals surface area contributed by atoms with Crippen molar-refractivity contribution < 1.29 is 9.90 Å². The molecule has 2 saturated carbocycles. The van der Waals surface area contributed by atoms with Crippen LogP contribution in [0.4, 0.5) is 0 Å². The third-order valence-electron chi connectivity index (χ3n) is 4.93. The number of carboxylic acids is 1. The standard InChI is InChI=1S/C16H30N2O2/c1-3-4-5-11-18(2)14-7-6-10-16(12-14,15(19)20)17-13-8-9-13/h13-14,17H,3-12H2,1-2H3,(H,19,20). The molecule has 0 aromatic rings. The number of carboxylic acid groups (broad SMARTS) is 1. The number of aliphatic carboxylic acids is 1. The van der Waals surface area contributed by atoms with Crippen molar-refractivity contribution >= 4 is 5.97 Å². The topological polar surface area (TPSA) is 52.6 Å². The van der Waals surface area contributed by atoms with E-state index >= 15 is 0 Å². The molecule has 2 aliphatic rings. The molecule has 20 heavy (non-hydrogen) atoms. The summed E-state index contributed by atoms with van der Waals surface area (Å²) in [6.07, 6.45) is 9.73. The van der Waals surface area contributed by atoms with E-state index < -0.39 is 11.5 Å². The van der Waals surface area contributed by atoms with E-state index in [-0.39, 0.29) is 0 Å². The lowest BCUT2D eigenvalue weighted by Gasteiger charge is -2.42. The van der Waals surface area contributed by atoms with Gasteiger partial charge in [-0.2, -0.15) is 0 Å². The van der Waals surface area contributed by atoms with E-state index in [9.17, 15) is 9.90 Å². The van der Waals surface area contributed by atoms with Crippen LogP contribution in [0.2, 0.25) is 0 Å². The Bertz CT molecular complexity index is 330. The molecule has 0 bridgehead atoms. The molecule has 2 N–H and O–H groups in total. The molecule has 2 fully saturated rings. The first kappa shape index (κ1) is 15.8. The van der Waals surface area contributed by atoms with Gasteiger partial charge in [-0.25, -0.2) is 0 Å². The smallest absolute Gasteiger partial charge is 0.323 e. The molecular formula is C16H30N2O2. The second kappa shape index (κ2) is 6.90. The Hall–Kier alpha value is -0.610. The Morgan fingerprint density at radius 3 is 2.70 bits per heavy atom. The van der Waals surface area contributed by atoms with E-state index in [0.717, 1.165) is 45.1 Å². The minimum Gasteiger partial charge on any atom is -0.480 e. The molecule has 0 aliphatic heterocycles. The largest absolute Gasteiger partial charge is 0.480 e. The summed E-state index contributed by atoms with van der Waals surface area (Å²) in [7, 11) is 2.16. The molecule has 0 radical (unpaired) electrons. The monoisotopic (exact) mass is 282 g/mol. The van der Waals surface area contributed by atoms with Gasteiger partial charge in [0.05, 0.1) is 0 Å². The van der Waals surface area contributed by atoms with Crippen molar-refractivity contribution in [1.82, 2.24) is 10.2 Å². The quantitative estimate of drug-likeness (QED) is 0.672. The van der Waals surface area contributed by atoms with Gasteiger partial charge in [-0.1, -0.05) is 19.8 Å². The highest BCUT2D eigenvalue weighted by Gasteiger charge is 2.46. The summed E-state index contributed by atoms with van der Waals surface area (Å²) >= 11 is 0. The molecular weight excluding hydrogens is 252 g/mol. The van der Waals surface area contributed by atoms with Crippen LogP contribution in [0.1, 0.15) is 64.7 Å². The average Bonchev–Trinajstić information content (AvgIpc) is 3.23. The minimum absolute atomic E-state index is 0.419. The number of hydrogen-bond donors (Lipinski definition) is 2. The number of nitrogens with one attached hydrogen (secondary N) is 1. The third-order valence-corrected chi connectivity index (χ3v) is 4.93. The summed E-state index contributed by atoms with van der Waals surface area (Å²) in [4.78, 5) is 14.2. The average molecular weight is 282 g/mol. The highest BCUT2D eigenvalue weighted by atomic mass is 16.4. The van der Waals surface area contributed by atoms with Gasteiger partial charge < -0.3 is 10.0 Å². The molecule has 4 nitrogen and oxygen atoms in total. The fourth-order valence-electron chi connectivity index (χ4n) is 3.42. The molecule has 2 aliphatic carbocycles. The van der Waals surface area contributed by atoms with Gasteiger partial charge >= 0.3 is 5.97 Å². The van der Waals surface area contributed by atoms with E-state index in [1.165, 1.54) is 19.3 Å². The van der Waals surface area contributed by atoms with E-state index in [2.05, 4.69) is 24.2 Å². The van der Waals surface area contributed by atoms with Gasteiger partial charge in [-0.3, -0.25) is 10.1 Å². The summed E-state index contributed by atoms with van der Waals surface area (Å²) in [5, 5.41) is 13.1. The molecule has 2 unspecified atom stereocenters. The zero-order valence-corrected chi connectivity index (χ0v) is 13.0. The molecule has 0 aromatic heterocycles. The number of carbonyl (C=O) groups is 1. The van der Waals surface area contributed by atoms with Crippen molar-refractivity contribution in [2.75, 3.05) is 13.6 Å².